The zero-order chi connectivity index (χ0) is 9.42. The van der Waals surface area contributed by atoms with Crippen molar-refractivity contribution in [2.75, 3.05) is 13.2 Å². The van der Waals surface area contributed by atoms with Crippen molar-refractivity contribution in [1.29, 1.82) is 0 Å². The van der Waals surface area contributed by atoms with E-state index in [1.54, 1.807) is 0 Å². The fourth-order valence-corrected chi connectivity index (χ4v) is 2.03. The molecule has 2 saturated heterocycles. The second-order valence-electron chi connectivity index (χ2n) is 3.89. The highest BCUT2D eigenvalue weighted by Gasteiger charge is 2.40. The van der Waals surface area contributed by atoms with Crippen LogP contribution >= 0.6 is 0 Å². The van der Waals surface area contributed by atoms with E-state index in [-0.39, 0.29) is 24.1 Å². The topological polar surface area (TPSA) is 55.6 Å². The van der Waals surface area contributed by atoms with Gasteiger partial charge < -0.3 is 15.4 Å². The highest BCUT2D eigenvalue weighted by molar-refractivity contribution is 5.88. The molecule has 2 fully saturated rings. The lowest BCUT2D eigenvalue weighted by Gasteiger charge is -2.42. The third-order valence-corrected chi connectivity index (χ3v) is 2.99. The average molecular weight is 184 g/mol. The molecule has 4 nitrogen and oxygen atoms in total. The first kappa shape index (κ1) is 8.97. The van der Waals surface area contributed by atoms with Crippen LogP contribution in [0.25, 0.3) is 0 Å². The molecule has 2 rings (SSSR count). The van der Waals surface area contributed by atoms with Gasteiger partial charge in [-0.2, -0.15) is 0 Å². The van der Waals surface area contributed by atoms with Crippen LogP contribution in [-0.2, 0) is 9.53 Å². The number of nitrogens with two attached hydrogens (primary N) is 1. The van der Waals surface area contributed by atoms with Crippen molar-refractivity contribution in [2.45, 2.75) is 38.0 Å². The van der Waals surface area contributed by atoms with Crippen LogP contribution in [0.2, 0.25) is 0 Å². The predicted octanol–water partition coefficient (Wildman–Crippen LogP) is -0.277. The van der Waals surface area contributed by atoms with Gasteiger partial charge in [0.2, 0.25) is 5.91 Å². The fraction of sp³-hybridized carbons (Fsp3) is 0.889. The second-order valence-corrected chi connectivity index (χ2v) is 3.89. The van der Waals surface area contributed by atoms with Gasteiger partial charge in [-0.15, -0.1) is 0 Å². The Balaban J connectivity index is 1.90. The van der Waals surface area contributed by atoms with E-state index in [1.807, 2.05) is 11.8 Å². The molecule has 1 amide bonds. The van der Waals surface area contributed by atoms with Crippen molar-refractivity contribution in [3.05, 3.63) is 0 Å². The molecule has 0 aromatic rings. The van der Waals surface area contributed by atoms with Crippen LogP contribution in [0.3, 0.4) is 0 Å². The SMILES string of the molecule is CC(C1CCCO1)N1CC(N)C1=O. The van der Waals surface area contributed by atoms with E-state index in [9.17, 15) is 4.79 Å². The Morgan fingerprint density at radius 2 is 2.46 bits per heavy atom. The third-order valence-electron chi connectivity index (χ3n) is 2.99. The van der Waals surface area contributed by atoms with Crippen molar-refractivity contribution >= 4 is 5.91 Å². The first-order chi connectivity index (χ1) is 6.20. The molecule has 0 bridgehead atoms. The van der Waals surface area contributed by atoms with Crippen LogP contribution in [0.5, 0.6) is 0 Å². The number of carbonyl (C=O) groups excluding carboxylic acids is 1. The number of hydrogen-bond donors (Lipinski definition) is 1. The van der Waals surface area contributed by atoms with E-state index in [0.29, 0.717) is 6.54 Å². The number of hydrogen-bond acceptors (Lipinski definition) is 3. The van der Waals surface area contributed by atoms with Crippen molar-refractivity contribution in [3.63, 3.8) is 0 Å². The first-order valence-electron chi connectivity index (χ1n) is 4.88. The Hall–Kier alpha value is -0.610. The molecular formula is C9H16N2O2. The summed E-state index contributed by atoms with van der Waals surface area (Å²) in [6.45, 7) is 3.57. The largest absolute Gasteiger partial charge is 0.376 e. The minimum Gasteiger partial charge on any atom is -0.376 e. The normalized spacial score (nSPS) is 36.2. The van der Waals surface area contributed by atoms with Crippen molar-refractivity contribution in [1.82, 2.24) is 4.90 Å². The minimum atomic E-state index is -0.260. The number of ether oxygens (including phenoxy) is 1. The predicted molar refractivity (Wildman–Crippen MR) is 48.1 cm³/mol. The molecule has 13 heavy (non-hydrogen) atoms. The van der Waals surface area contributed by atoms with Gasteiger partial charge in [0.05, 0.1) is 12.1 Å². The number of rotatable bonds is 2. The summed E-state index contributed by atoms with van der Waals surface area (Å²) in [6.07, 6.45) is 2.42. The maximum atomic E-state index is 11.3. The highest BCUT2D eigenvalue weighted by Crippen LogP contribution is 2.23. The minimum absolute atomic E-state index is 0.0722. The number of carbonyl (C=O) groups is 1. The van der Waals surface area contributed by atoms with Crippen molar-refractivity contribution in [2.24, 2.45) is 5.73 Å². The van der Waals surface area contributed by atoms with E-state index in [1.165, 1.54) is 0 Å². The zero-order valence-electron chi connectivity index (χ0n) is 7.90. The Morgan fingerprint density at radius 3 is 2.92 bits per heavy atom. The lowest BCUT2D eigenvalue weighted by Crippen LogP contribution is -2.65. The van der Waals surface area contributed by atoms with Crippen molar-refractivity contribution in [3.8, 4) is 0 Å². The summed E-state index contributed by atoms with van der Waals surface area (Å²) in [5.74, 6) is 0.0722. The Kier molecular flexibility index (Phi) is 2.26. The van der Waals surface area contributed by atoms with E-state index in [4.69, 9.17) is 10.5 Å². The Labute approximate surface area is 78.0 Å². The maximum Gasteiger partial charge on any atom is 0.241 e. The van der Waals surface area contributed by atoms with Gasteiger partial charge in [-0.3, -0.25) is 4.79 Å². The van der Waals surface area contributed by atoms with Gasteiger partial charge in [0.15, 0.2) is 0 Å². The van der Waals surface area contributed by atoms with Crippen LogP contribution in [-0.4, -0.2) is 42.1 Å². The first-order valence-corrected chi connectivity index (χ1v) is 4.88. The second kappa shape index (κ2) is 3.27. The summed E-state index contributed by atoms with van der Waals surface area (Å²) in [5, 5.41) is 0. The molecule has 0 aromatic heterocycles. The van der Waals surface area contributed by atoms with Gasteiger partial charge in [-0.1, -0.05) is 0 Å². The molecule has 2 aliphatic rings. The quantitative estimate of drug-likeness (QED) is 0.601. The molecule has 0 spiro atoms. The van der Waals surface area contributed by atoms with Gasteiger partial charge in [-0.25, -0.2) is 0 Å². The van der Waals surface area contributed by atoms with Gasteiger partial charge >= 0.3 is 0 Å². The standard InChI is InChI=1S/C9H16N2O2/c1-6(8-3-2-4-13-8)11-5-7(10)9(11)12/h6-8H,2-5,10H2,1H3. The molecule has 0 aliphatic carbocycles. The summed E-state index contributed by atoms with van der Waals surface area (Å²) in [5.41, 5.74) is 5.52. The number of β-lactam (4-membered cyclic amide) rings is 1. The number of nitrogens with zero attached hydrogens (tertiary/aromatic N) is 1. The molecule has 0 saturated carbocycles. The monoisotopic (exact) mass is 184 g/mol. The lowest BCUT2D eigenvalue weighted by molar-refractivity contribution is -0.148. The molecule has 0 aromatic carbocycles. The zero-order valence-corrected chi connectivity index (χ0v) is 7.90. The summed E-state index contributed by atoms with van der Waals surface area (Å²) in [7, 11) is 0. The number of likely N-dealkylation sites (tertiary alicyclic amines) is 1. The van der Waals surface area contributed by atoms with Crippen LogP contribution in [0.15, 0.2) is 0 Å². The summed E-state index contributed by atoms with van der Waals surface area (Å²) in [4.78, 5) is 13.1. The third kappa shape index (κ3) is 1.44. The van der Waals surface area contributed by atoms with Crippen LogP contribution in [0.4, 0.5) is 0 Å². The molecule has 3 atom stereocenters. The molecule has 2 N–H and O–H groups in total. The molecule has 0 radical (unpaired) electrons. The molecule has 2 aliphatic heterocycles. The molecule has 2 heterocycles. The summed E-state index contributed by atoms with van der Waals surface area (Å²) >= 11 is 0. The van der Waals surface area contributed by atoms with Gasteiger partial charge in [0.25, 0.3) is 0 Å². The summed E-state index contributed by atoms with van der Waals surface area (Å²) < 4.78 is 5.52. The van der Waals surface area contributed by atoms with Crippen LogP contribution in [0, 0.1) is 0 Å². The number of amides is 1. The maximum absolute atomic E-state index is 11.3. The van der Waals surface area contributed by atoms with Crippen LogP contribution in [0.1, 0.15) is 19.8 Å². The highest BCUT2D eigenvalue weighted by atomic mass is 16.5. The van der Waals surface area contributed by atoms with Gasteiger partial charge in [0, 0.05) is 13.2 Å². The van der Waals surface area contributed by atoms with E-state index in [0.717, 1.165) is 19.4 Å². The Morgan fingerprint density at radius 1 is 1.69 bits per heavy atom. The fourth-order valence-electron chi connectivity index (χ4n) is 2.03. The van der Waals surface area contributed by atoms with E-state index in [2.05, 4.69) is 0 Å². The van der Waals surface area contributed by atoms with Gasteiger partial charge in [-0.05, 0) is 19.8 Å². The van der Waals surface area contributed by atoms with E-state index < -0.39 is 0 Å². The average Bonchev–Trinajstić information content (AvgIpc) is 2.65. The Bertz CT molecular complexity index is 214. The van der Waals surface area contributed by atoms with Gasteiger partial charge in [0.1, 0.15) is 6.04 Å². The molecule has 3 unspecified atom stereocenters. The molecular weight excluding hydrogens is 168 g/mol. The van der Waals surface area contributed by atoms with E-state index >= 15 is 0 Å². The summed E-state index contributed by atoms with van der Waals surface area (Å²) in [6, 6.07) is -0.0568. The van der Waals surface area contributed by atoms with Crippen LogP contribution < -0.4 is 5.73 Å². The van der Waals surface area contributed by atoms with Crippen molar-refractivity contribution < 1.29 is 9.53 Å². The molecule has 74 valence electrons. The molecule has 4 heteroatoms. The lowest BCUT2D eigenvalue weighted by atomic mass is 10.0. The smallest absolute Gasteiger partial charge is 0.241 e.